The fourth-order valence-corrected chi connectivity index (χ4v) is 5.48. The van der Waals surface area contributed by atoms with Gasteiger partial charge in [-0.1, -0.05) is 0 Å². The van der Waals surface area contributed by atoms with E-state index in [0.717, 1.165) is 35.8 Å². The molecular formula is C11H18N2O3S3. The highest BCUT2D eigenvalue weighted by Gasteiger charge is 2.27. The highest BCUT2D eigenvalue weighted by Crippen LogP contribution is 2.41. The maximum Gasteiger partial charge on any atom is 0.247 e. The van der Waals surface area contributed by atoms with Crippen molar-refractivity contribution in [1.82, 2.24) is 4.31 Å². The summed E-state index contributed by atoms with van der Waals surface area (Å²) >= 11 is 2.89. The molecule has 108 valence electrons. The molecule has 0 spiro atoms. The minimum atomic E-state index is -3.59. The van der Waals surface area contributed by atoms with Crippen LogP contribution >= 0.6 is 23.3 Å². The Morgan fingerprint density at radius 1 is 1.58 bits per heavy atom. The molecule has 2 N–H and O–H groups in total. The van der Waals surface area contributed by atoms with Gasteiger partial charge in [-0.2, -0.15) is 0 Å². The normalized spacial score (nSPS) is 20.5. The average molecular weight is 322 g/mol. The Hall–Kier alpha value is -0.120. The summed E-state index contributed by atoms with van der Waals surface area (Å²) in [5.41, 5.74) is 1.09. The SMILES string of the molecule is COCCCN1Sc2sc(S(N)(=O)=O)cc2CC1C. The average Bonchev–Trinajstić information content (AvgIpc) is 2.72. The van der Waals surface area contributed by atoms with Gasteiger partial charge in [0.25, 0.3) is 0 Å². The maximum absolute atomic E-state index is 11.4. The summed E-state index contributed by atoms with van der Waals surface area (Å²) in [5, 5.41) is 5.18. The van der Waals surface area contributed by atoms with E-state index in [4.69, 9.17) is 9.88 Å². The first-order chi connectivity index (χ1) is 8.91. The van der Waals surface area contributed by atoms with E-state index < -0.39 is 10.0 Å². The summed E-state index contributed by atoms with van der Waals surface area (Å²) < 4.78 is 31.4. The quantitative estimate of drug-likeness (QED) is 0.660. The smallest absolute Gasteiger partial charge is 0.247 e. The lowest BCUT2D eigenvalue weighted by molar-refractivity contribution is 0.184. The van der Waals surface area contributed by atoms with Crippen LogP contribution in [0.1, 0.15) is 18.9 Å². The van der Waals surface area contributed by atoms with E-state index in [1.165, 1.54) is 11.3 Å². The van der Waals surface area contributed by atoms with E-state index >= 15 is 0 Å². The third-order valence-corrected chi connectivity index (χ3v) is 7.03. The van der Waals surface area contributed by atoms with Crippen molar-refractivity contribution in [3.63, 3.8) is 0 Å². The lowest BCUT2D eigenvalue weighted by Crippen LogP contribution is -2.32. The molecule has 0 radical (unpaired) electrons. The first-order valence-electron chi connectivity index (χ1n) is 6.01. The van der Waals surface area contributed by atoms with Crippen LogP contribution in [-0.4, -0.2) is 39.0 Å². The number of nitrogens with two attached hydrogens (primary N) is 1. The molecule has 0 amide bonds. The molecule has 0 aromatic carbocycles. The molecule has 1 atom stereocenters. The van der Waals surface area contributed by atoms with E-state index in [9.17, 15) is 8.42 Å². The number of nitrogens with zero attached hydrogens (tertiary/aromatic N) is 1. The number of ether oxygens (including phenoxy) is 1. The fourth-order valence-electron chi connectivity index (χ4n) is 1.99. The molecule has 1 aromatic rings. The van der Waals surface area contributed by atoms with Crippen molar-refractivity contribution in [2.24, 2.45) is 5.14 Å². The molecule has 2 rings (SSSR count). The van der Waals surface area contributed by atoms with Crippen LogP contribution in [0.25, 0.3) is 0 Å². The second kappa shape index (κ2) is 6.11. The predicted octanol–water partition coefficient (Wildman–Crippen LogP) is 1.69. The van der Waals surface area contributed by atoms with Gasteiger partial charge >= 0.3 is 0 Å². The van der Waals surface area contributed by atoms with Crippen molar-refractivity contribution < 1.29 is 13.2 Å². The molecule has 0 aliphatic carbocycles. The Morgan fingerprint density at radius 3 is 2.95 bits per heavy atom. The second-order valence-electron chi connectivity index (χ2n) is 4.55. The van der Waals surface area contributed by atoms with Crippen LogP contribution in [0.15, 0.2) is 14.5 Å². The second-order valence-corrected chi connectivity index (χ2v) is 8.71. The summed E-state index contributed by atoms with van der Waals surface area (Å²) in [7, 11) is -1.89. The first kappa shape index (κ1) is 15.3. The van der Waals surface area contributed by atoms with Gasteiger partial charge in [-0.3, -0.25) is 0 Å². The molecule has 0 saturated carbocycles. The minimum Gasteiger partial charge on any atom is -0.385 e. The number of rotatable bonds is 5. The molecule has 1 aliphatic rings. The number of hydrogen-bond donors (Lipinski definition) is 1. The predicted molar refractivity (Wildman–Crippen MR) is 77.9 cm³/mol. The van der Waals surface area contributed by atoms with Gasteiger partial charge in [-0.15, -0.1) is 11.3 Å². The van der Waals surface area contributed by atoms with Gasteiger partial charge in [0.1, 0.15) is 4.21 Å². The summed E-state index contributed by atoms with van der Waals surface area (Å²) in [5.74, 6) is 0. The standard InChI is InChI=1S/C11H18N2O3S3/c1-8-6-9-7-10(19(12,14)15)17-11(9)18-13(8)4-3-5-16-2/h7-8H,3-6H2,1-2H3,(H2,12,14,15). The van der Waals surface area contributed by atoms with E-state index in [2.05, 4.69) is 11.2 Å². The number of thiophene rings is 1. The minimum absolute atomic E-state index is 0.260. The number of primary sulfonamides is 1. The van der Waals surface area contributed by atoms with Crippen LogP contribution in [0.5, 0.6) is 0 Å². The zero-order valence-corrected chi connectivity index (χ0v) is 13.4. The number of hydrogen-bond acceptors (Lipinski definition) is 6. The summed E-state index contributed by atoms with van der Waals surface area (Å²) in [4.78, 5) is 0. The van der Waals surface area contributed by atoms with Gasteiger partial charge in [0, 0.05) is 26.3 Å². The zero-order chi connectivity index (χ0) is 14.0. The molecule has 1 unspecified atom stereocenters. The van der Waals surface area contributed by atoms with Crippen LogP contribution in [0.2, 0.25) is 0 Å². The molecule has 0 fully saturated rings. The monoisotopic (exact) mass is 322 g/mol. The highest BCUT2D eigenvalue weighted by atomic mass is 32.3. The van der Waals surface area contributed by atoms with Crippen molar-refractivity contribution in [3.8, 4) is 0 Å². The van der Waals surface area contributed by atoms with Gasteiger partial charge in [-0.25, -0.2) is 17.9 Å². The van der Waals surface area contributed by atoms with E-state index in [1.54, 1.807) is 25.1 Å². The Bertz CT molecular complexity index is 541. The van der Waals surface area contributed by atoms with Gasteiger partial charge in [0.2, 0.25) is 10.0 Å². The highest BCUT2D eigenvalue weighted by molar-refractivity contribution is 7.99. The number of methoxy groups -OCH3 is 1. The lowest BCUT2D eigenvalue weighted by Gasteiger charge is -2.31. The zero-order valence-electron chi connectivity index (χ0n) is 11.0. The van der Waals surface area contributed by atoms with Gasteiger partial charge in [0.15, 0.2) is 0 Å². The molecule has 1 aliphatic heterocycles. The summed E-state index contributed by atoms with van der Waals surface area (Å²) in [6.07, 6.45) is 1.83. The lowest BCUT2D eigenvalue weighted by atomic mass is 10.1. The number of sulfonamides is 1. The Morgan fingerprint density at radius 2 is 2.32 bits per heavy atom. The Labute approximate surface area is 122 Å². The van der Waals surface area contributed by atoms with Crippen molar-refractivity contribution in [2.45, 2.75) is 34.2 Å². The third-order valence-electron chi connectivity index (χ3n) is 2.96. The Balaban J connectivity index is 2.11. The summed E-state index contributed by atoms with van der Waals surface area (Å²) in [6, 6.07) is 2.10. The molecular weight excluding hydrogens is 304 g/mol. The van der Waals surface area contributed by atoms with E-state index in [-0.39, 0.29) is 4.21 Å². The number of fused-ring (bicyclic) bond motifs is 1. The first-order valence-corrected chi connectivity index (χ1v) is 9.14. The fraction of sp³-hybridized carbons (Fsp3) is 0.636. The van der Waals surface area contributed by atoms with Crippen LogP contribution in [-0.2, 0) is 21.2 Å². The molecule has 0 bridgehead atoms. The maximum atomic E-state index is 11.4. The Kier molecular flexibility index (Phi) is 4.91. The molecule has 5 nitrogen and oxygen atoms in total. The largest absolute Gasteiger partial charge is 0.385 e. The van der Waals surface area contributed by atoms with E-state index in [0.29, 0.717) is 6.04 Å². The van der Waals surface area contributed by atoms with Gasteiger partial charge < -0.3 is 4.74 Å². The van der Waals surface area contributed by atoms with Gasteiger partial charge in [0.05, 0.1) is 4.21 Å². The van der Waals surface area contributed by atoms with Crippen LogP contribution < -0.4 is 5.14 Å². The van der Waals surface area contributed by atoms with Crippen LogP contribution in [0.3, 0.4) is 0 Å². The molecule has 8 heteroatoms. The third kappa shape index (κ3) is 3.71. The molecule has 2 heterocycles. The van der Waals surface area contributed by atoms with Crippen molar-refractivity contribution in [3.05, 3.63) is 11.6 Å². The summed E-state index contributed by atoms with van der Waals surface area (Å²) in [6.45, 7) is 3.82. The molecule has 0 saturated heterocycles. The van der Waals surface area contributed by atoms with Crippen molar-refractivity contribution in [2.75, 3.05) is 20.3 Å². The van der Waals surface area contributed by atoms with Gasteiger partial charge in [-0.05, 0) is 43.3 Å². The molecule has 1 aromatic heterocycles. The van der Waals surface area contributed by atoms with Crippen LogP contribution in [0, 0.1) is 0 Å². The van der Waals surface area contributed by atoms with Crippen molar-refractivity contribution in [1.29, 1.82) is 0 Å². The van der Waals surface area contributed by atoms with E-state index in [1.807, 2.05) is 0 Å². The van der Waals surface area contributed by atoms with Crippen LogP contribution in [0.4, 0.5) is 0 Å². The topological polar surface area (TPSA) is 72.6 Å². The molecule has 19 heavy (non-hydrogen) atoms. The van der Waals surface area contributed by atoms with Crippen molar-refractivity contribution >= 4 is 33.3 Å².